The fraction of sp³-hybridized carbons (Fsp3) is 0.421. The number of hydrazone groups is 1. The number of ketones is 1. The van der Waals surface area contributed by atoms with Crippen molar-refractivity contribution in [2.45, 2.75) is 38.8 Å². The number of carbonyl (C=O) groups excluding carboxylic acids is 4. The highest BCUT2D eigenvalue weighted by Crippen LogP contribution is 2.40. The molecule has 0 aliphatic carbocycles. The number of hydrogen-bond acceptors (Lipinski definition) is 7. The van der Waals surface area contributed by atoms with E-state index in [1.165, 1.54) is 19.0 Å². The van der Waals surface area contributed by atoms with Crippen molar-refractivity contribution < 1.29 is 23.9 Å². The van der Waals surface area contributed by atoms with Crippen LogP contribution in [0.15, 0.2) is 29.4 Å². The molecule has 0 N–H and O–H groups in total. The molecule has 0 radical (unpaired) electrons. The largest absolute Gasteiger partial charge is 0.464 e. The quantitative estimate of drug-likeness (QED) is 0.547. The van der Waals surface area contributed by atoms with Gasteiger partial charge in [0.05, 0.1) is 18.3 Å². The van der Waals surface area contributed by atoms with Crippen molar-refractivity contribution in [3.8, 4) is 0 Å². The second-order valence-corrected chi connectivity index (χ2v) is 7.86. The van der Waals surface area contributed by atoms with Crippen molar-refractivity contribution in [1.29, 1.82) is 0 Å². The van der Waals surface area contributed by atoms with Crippen LogP contribution in [0.5, 0.6) is 0 Å². The Labute approximate surface area is 167 Å². The van der Waals surface area contributed by atoms with E-state index in [1.54, 1.807) is 38.1 Å². The number of benzene rings is 1. The molecule has 2 aliphatic heterocycles. The molecule has 2 amide bonds. The maximum atomic E-state index is 13.2. The molecule has 9 heteroatoms. The number of ether oxygens (including phenoxy) is 1. The van der Waals surface area contributed by atoms with Crippen molar-refractivity contribution in [2.75, 3.05) is 12.0 Å². The monoisotopic (exact) mass is 405 g/mol. The molecule has 1 aromatic carbocycles. The van der Waals surface area contributed by atoms with Crippen molar-refractivity contribution in [2.24, 2.45) is 11.0 Å². The normalized spacial score (nSPS) is 21.7. The van der Waals surface area contributed by atoms with E-state index in [4.69, 9.17) is 16.3 Å². The van der Waals surface area contributed by atoms with Crippen molar-refractivity contribution >= 4 is 46.6 Å². The smallest absolute Gasteiger partial charge is 0.355 e. The molecule has 1 fully saturated rings. The van der Waals surface area contributed by atoms with E-state index in [-0.39, 0.29) is 17.9 Å². The zero-order chi connectivity index (χ0) is 20.8. The Morgan fingerprint density at radius 2 is 1.79 bits per heavy atom. The lowest BCUT2D eigenvalue weighted by molar-refractivity contribution is -0.133. The minimum Gasteiger partial charge on any atom is -0.464 e. The van der Waals surface area contributed by atoms with Gasteiger partial charge in [0.15, 0.2) is 5.71 Å². The molecule has 1 aromatic rings. The number of carbonyl (C=O) groups is 4. The summed E-state index contributed by atoms with van der Waals surface area (Å²) in [5, 5.41) is 6.10. The third kappa shape index (κ3) is 3.17. The summed E-state index contributed by atoms with van der Waals surface area (Å²) in [5.74, 6) is -3.06. The van der Waals surface area contributed by atoms with Crippen LogP contribution in [-0.2, 0) is 23.9 Å². The Bertz CT molecular complexity index is 893. The summed E-state index contributed by atoms with van der Waals surface area (Å²) in [6, 6.07) is 5.22. The molecular formula is C19H20ClN3O5. The predicted octanol–water partition coefficient (Wildman–Crippen LogP) is 1.80. The van der Waals surface area contributed by atoms with Gasteiger partial charge in [-0.3, -0.25) is 19.4 Å². The maximum Gasteiger partial charge on any atom is 0.355 e. The lowest BCUT2D eigenvalue weighted by atomic mass is 9.92. The highest BCUT2D eigenvalue weighted by atomic mass is 35.5. The van der Waals surface area contributed by atoms with Gasteiger partial charge in [-0.2, -0.15) is 5.10 Å². The number of Topliss-reactive ketones (excluding diaryl/α,β-unsaturated/α-hetero) is 1. The number of nitrogens with zero attached hydrogens (tertiary/aromatic N) is 3. The van der Waals surface area contributed by atoms with Crippen molar-refractivity contribution in [3.63, 3.8) is 0 Å². The van der Waals surface area contributed by atoms with Crippen LogP contribution in [0.4, 0.5) is 5.69 Å². The summed E-state index contributed by atoms with van der Waals surface area (Å²) in [4.78, 5) is 51.3. The Kier molecular flexibility index (Phi) is 5.01. The van der Waals surface area contributed by atoms with Crippen molar-refractivity contribution in [3.05, 3.63) is 29.3 Å². The van der Waals surface area contributed by atoms with Crippen molar-refractivity contribution in [1.82, 2.24) is 5.01 Å². The molecule has 2 aliphatic rings. The Hall–Kier alpha value is -2.74. The number of methoxy groups -OCH3 is 1. The van der Waals surface area contributed by atoms with E-state index in [0.29, 0.717) is 10.7 Å². The first kappa shape index (κ1) is 20.0. The van der Waals surface area contributed by atoms with Crippen LogP contribution < -0.4 is 4.90 Å². The standard InChI is InChI=1S/C19H20ClN3O5/c1-10(24)9-19(2,3)23-15-13(14(21-23)18(27)28-4)16(25)22(17(15)26)12-7-5-11(20)6-8-12/h5-8,13,15H,9H2,1-4H3/t13-,15-/m1/s1. The van der Waals surface area contributed by atoms with Gasteiger partial charge >= 0.3 is 5.97 Å². The molecule has 0 unspecified atom stereocenters. The minimum atomic E-state index is -1.10. The molecule has 3 rings (SSSR count). The summed E-state index contributed by atoms with van der Waals surface area (Å²) in [6.07, 6.45) is 0.0938. The molecule has 0 spiro atoms. The zero-order valence-electron chi connectivity index (χ0n) is 15.9. The summed E-state index contributed by atoms with van der Waals surface area (Å²) in [5.41, 5.74) is -0.669. The zero-order valence-corrected chi connectivity index (χ0v) is 16.7. The lowest BCUT2D eigenvalue weighted by Crippen LogP contribution is -2.50. The molecule has 0 aromatic heterocycles. The Balaban J connectivity index is 2.07. The second-order valence-electron chi connectivity index (χ2n) is 7.42. The average molecular weight is 406 g/mol. The van der Waals surface area contributed by atoms with Crippen LogP contribution in [0.1, 0.15) is 27.2 Å². The molecule has 28 heavy (non-hydrogen) atoms. The summed E-state index contributed by atoms with van der Waals surface area (Å²) in [7, 11) is 1.18. The number of esters is 1. The fourth-order valence-corrected chi connectivity index (χ4v) is 3.86. The molecule has 2 atom stereocenters. The van der Waals surface area contributed by atoms with E-state index < -0.39 is 35.3 Å². The van der Waals surface area contributed by atoms with Gasteiger partial charge in [0, 0.05) is 11.4 Å². The van der Waals surface area contributed by atoms with Crippen LogP contribution >= 0.6 is 11.6 Å². The van der Waals surface area contributed by atoms with Crippen LogP contribution in [0, 0.1) is 5.92 Å². The van der Waals surface area contributed by atoms with E-state index in [1.807, 2.05) is 0 Å². The van der Waals surface area contributed by atoms with Gasteiger partial charge in [0.1, 0.15) is 17.7 Å². The molecule has 2 heterocycles. The average Bonchev–Trinajstić information content (AvgIpc) is 3.13. The van der Waals surface area contributed by atoms with Crippen LogP contribution in [-0.4, -0.2) is 53.0 Å². The fourth-order valence-electron chi connectivity index (χ4n) is 3.73. The first-order valence-electron chi connectivity index (χ1n) is 8.67. The van der Waals surface area contributed by atoms with Crippen LogP contribution in [0.3, 0.4) is 0 Å². The highest BCUT2D eigenvalue weighted by molar-refractivity contribution is 6.46. The third-order valence-electron chi connectivity index (χ3n) is 4.83. The van der Waals surface area contributed by atoms with E-state index in [2.05, 4.69) is 5.10 Å². The Morgan fingerprint density at radius 1 is 1.18 bits per heavy atom. The van der Waals surface area contributed by atoms with Crippen LogP contribution in [0.25, 0.3) is 0 Å². The van der Waals surface area contributed by atoms with Gasteiger partial charge in [-0.25, -0.2) is 9.69 Å². The van der Waals surface area contributed by atoms with Gasteiger partial charge in [0.2, 0.25) is 5.91 Å². The predicted molar refractivity (Wildman–Crippen MR) is 102 cm³/mol. The number of imide groups is 1. The number of fused-ring (bicyclic) bond motifs is 1. The molecule has 1 saturated heterocycles. The number of rotatable bonds is 5. The first-order chi connectivity index (χ1) is 13.1. The summed E-state index contributed by atoms with van der Waals surface area (Å²) < 4.78 is 4.76. The van der Waals surface area contributed by atoms with E-state index >= 15 is 0 Å². The number of anilines is 1. The number of halogens is 1. The minimum absolute atomic E-state index is 0.0938. The maximum absolute atomic E-state index is 13.2. The summed E-state index contributed by atoms with van der Waals surface area (Å²) >= 11 is 5.89. The Morgan fingerprint density at radius 3 is 2.32 bits per heavy atom. The first-order valence-corrected chi connectivity index (χ1v) is 9.05. The molecule has 0 saturated carbocycles. The van der Waals surface area contributed by atoms with Gasteiger partial charge in [-0.1, -0.05) is 11.6 Å². The summed E-state index contributed by atoms with van der Waals surface area (Å²) in [6.45, 7) is 4.90. The molecule has 0 bridgehead atoms. The molecule has 8 nitrogen and oxygen atoms in total. The van der Waals surface area contributed by atoms with E-state index in [9.17, 15) is 19.2 Å². The van der Waals surface area contributed by atoms with Gasteiger partial charge < -0.3 is 4.74 Å². The van der Waals surface area contributed by atoms with Gasteiger partial charge in [0.25, 0.3) is 5.91 Å². The second kappa shape index (κ2) is 7.01. The third-order valence-corrected chi connectivity index (χ3v) is 5.08. The lowest BCUT2D eigenvalue weighted by Gasteiger charge is -2.36. The van der Waals surface area contributed by atoms with Gasteiger partial charge in [-0.05, 0) is 45.0 Å². The highest BCUT2D eigenvalue weighted by Gasteiger charge is 2.60. The number of amides is 2. The molecular weight excluding hydrogens is 386 g/mol. The van der Waals surface area contributed by atoms with Crippen LogP contribution in [0.2, 0.25) is 5.02 Å². The number of hydrogen-bond donors (Lipinski definition) is 0. The molecule has 148 valence electrons. The topological polar surface area (TPSA) is 96.3 Å². The van der Waals surface area contributed by atoms with Gasteiger partial charge in [-0.15, -0.1) is 0 Å². The van der Waals surface area contributed by atoms with E-state index in [0.717, 1.165) is 4.90 Å². The SMILES string of the molecule is COC(=O)C1=NN(C(C)(C)CC(C)=O)[C@H]2C(=O)N(c3ccc(Cl)cc3)C(=O)[C@H]12.